The van der Waals surface area contributed by atoms with Crippen LogP contribution < -0.4 is 0 Å². The number of rotatable bonds is 4. The summed E-state index contributed by atoms with van der Waals surface area (Å²) in [4.78, 5) is 10.8. The van der Waals surface area contributed by atoms with Crippen LogP contribution in [0.1, 0.15) is 15.9 Å². The predicted octanol–water partition coefficient (Wildman–Crippen LogP) is 2.78. The molecule has 0 saturated carbocycles. The molecule has 0 saturated heterocycles. The summed E-state index contributed by atoms with van der Waals surface area (Å²) in [6.07, 6.45) is 3.09. The Hall–Kier alpha value is -3.00. The monoisotopic (exact) mass is 314 g/mol. The highest BCUT2D eigenvalue weighted by Gasteiger charge is 2.10. The molecule has 0 atom stereocenters. The van der Waals surface area contributed by atoms with Gasteiger partial charge in [-0.2, -0.15) is 9.78 Å². The first kappa shape index (κ1) is 14.0. The second-order valence-corrected chi connectivity index (χ2v) is 4.70. The summed E-state index contributed by atoms with van der Waals surface area (Å²) in [5, 5.41) is 19.8. The summed E-state index contributed by atoms with van der Waals surface area (Å²) in [5.41, 5.74) is 0.951. The molecular weight excluding hydrogens is 304 g/mol. The SMILES string of the molecule is O=C(O)c1ccc(/C=N/n2c(-c3ccco3)n[nH]c2=S)cc1. The van der Waals surface area contributed by atoms with Gasteiger partial charge in [0.2, 0.25) is 10.6 Å². The van der Waals surface area contributed by atoms with Gasteiger partial charge in [0.25, 0.3) is 0 Å². The Bertz CT molecular complexity index is 876. The molecule has 2 aromatic heterocycles. The van der Waals surface area contributed by atoms with E-state index in [1.54, 1.807) is 30.5 Å². The molecular formula is C14H10N4O3S. The normalized spacial score (nSPS) is 11.1. The van der Waals surface area contributed by atoms with E-state index in [9.17, 15) is 4.79 Å². The molecule has 0 aliphatic rings. The van der Waals surface area contributed by atoms with Gasteiger partial charge in [-0.25, -0.2) is 9.89 Å². The predicted molar refractivity (Wildman–Crippen MR) is 81.5 cm³/mol. The number of aromatic carboxylic acids is 1. The van der Waals surface area contributed by atoms with Crippen LogP contribution in [0.2, 0.25) is 0 Å². The van der Waals surface area contributed by atoms with Crippen molar-refractivity contribution in [1.82, 2.24) is 14.9 Å². The minimum Gasteiger partial charge on any atom is -0.478 e. The number of nitrogens with one attached hydrogen (secondary N) is 1. The molecule has 2 heterocycles. The zero-order valence-corrected chi connectivity index (χ0v) is 11.9. The molecule has 3 aromatic rings. The van der Waals surface area contributed by atoms with E-state index < -0.39 is 5.97 Å². The summed E-state index contributed by atoms with van der Waals surface area (Å²) < 4.78 is 7.03. The number of carbonyl (C=O) groups is 1. The number of furan rings is 1. The summed E-state index contributed by atoms with van der Waals surface area (Å²) in [6.45, 7) is 0. The van der Waals surface area contributed by atoms with Crippen LogP contribution in [0.25, 0.3) is 11.6 Å². The molecule has 7 nitrogen and oxygen atoms in total. The average Bonchev–Trinajstić information content (AvgIpc) is 3.15. The van der Waals surface area contributed by atoms with Crippen LogP contribution in [0.15, 0.2) is 52.2 Å². The van der Waals surface area contributed by atoms with Crippen molar-refractivity contribution in [2.45, 2.75) is 0 Å². The number of carboxylic acid groups (broad SMARTS) is 1. The number of aromatic amines is 1. The molecule has 0 aliphatic carbocycles. The maximum Gasteiger partial charge on any atom is 0.335 e. The quantitative estimate of drug-likeness (QED) is 0.570. The maximum absolute atomic E-state index is 10.8. The van der Waals surface area contributed by atoms with Crippen molar-refractivity contribution >= 4 is 24.4 Å². The Morgan fingerprint density at radius 1 is 1.36 bits per heavy atom. The molecule has 22 heavy (non-hydrogen) atoms. The van der Waals surface area contributed by atoms with E-state index in [2.05, 4.69) is 15.3 Å². The Labute approximate surface area is 129 Å². The molecule has 0 unspecified atom stereocenters. The average molecular weight is 314 g/mol. The van der Waals surface area contributed by atoms with Crippen LogP contribution in [0, 0.1) is 4.77 Å². The summed E-state index contributed by atoms with van der Waals surface area (Å²) >= 11 is 5.13. The molecule has 3 rings (SSSR count). The molecule has 0 amide bonds. The van der Waals surface area contributed by atoms with Gasteiger partial charge in [0.15, 0.2) is 5.76 Å². The minimum atomic E-state index is -0.972. The Kier molecular flexibility index (Phi) is 3.67. The second-order valence-electron chi connectivity index (χ2n) is 4.31. The number of nitrogens with zero attached hydrogens (tertiary/aromatic N) is 3. The largest absolute Gasteiger partial charge is 0.478 e. The van der Waals surface area contributed by atoms with Gasteiger partial charge in [-0.3, -0.25) is 0 Å². The van der Waals surface area contributed by atoms with Crippen molar-refractivity contribution in [2.75, 3.05) is 0 Å². The standard InChI is InChI=1S/C14H10N4O3S/c19-13(20)10-5-3-9(4-6-10)8-15-18-12(16-17-14(18)22)11-2-1-7-21-11/h1-8H,(H,17,22)(H,19,20)/b15-8+. The second kappa shape index (κ2) is 5.78. The summed E-state index contributed by atoms with van der Waals surface area (Å²) in [5.74, 6) is 0.0137. The molecule has 0 bridgehead atoms. The van der Waals surface area contributed by atoms with E-state index >= 15 is 0 Å². The number of aromatic nitrogens is 3. The fourth-order valence-electron chi connectivity index (χ4n) is 1.80. The minimum absolute atomic E-state index is 0.216. The summed E-state index contributed by atoms with van der Waals surface area (Å²) in [6, 6.07) is 9.81. The summed E-state index contributed by atoms with van der Waals surface area (Å²) in [7, 11) is 0. The van der Waals surface area contributed by atoms with Crippen molar-refractivity contribution in [3.8, 4) is 11.6 Å². The van der Waals surface area contributed by atoms with E-state index in [0.717, 1.165) is 5.56 Å². The molecule has 8 heteroatoms. The smallest absolute Gasteiger partial charge is 0.335 e. The van der Waals surface area contributed by atoms with Crippen molar-refractivity contribution in [3.05, 3.63) is 58.6 Å². The van der Waals surface area contributed by atoms with E-state index in [-0.39, 0.29) is 5.56 Å². The first-order valence-corrected chi connectivity index (χ1v) is 6.65. The Morgan fingerprint density at radius 3 is 2.77 bits per heavy atom. The molecule has 0 fully saturated rings. The van der Waals surface area contributed by atoms with Gasteiger partial charge >= 0.3 is 5.97 Å². The Morgan fingerprint density at radius 2 is 2.14 bits per heavy atom. The van der Waals surface area contributed by atoms with E-state index in [0.29, 0.717) is 16.4 Å². The van der Waals surface area contributed by atoms with Gasteiger partial charge in [0, 0.05) is 0 Å². The zero-order valence-electron chi connectivity index (χ0n) is 11.1. The lowest BCUT2D eigenvalue weighted by Gasteiger charge is -1.98. The molecule has 110 valence electrons. The van der Waals surface area contributed by atoms with Crippen LogP contribution in [-0.4, -0.2) is 32.2 Å². The molecule has 2 N–H and O–H groups in total. The molecule has 1 aromatic carbocycles. The molecule has 0 aliphatic heterocycles. The van der Waals surface area contributed by atoms with Crippen molar-refractivity contribution in [3.63, 3.8) is 0 Å². The van der Waals surface area contributed by atoms with Gasteiger partial charge in [-0.05, 0) is 42.0 Å². The van der Waals surface area contributed by atoms with Crippen LogP contribution >= 0.6 is 12.2 Å². The van der Waals surface area contributed by atoms with Gasteiger partial charge in [0.05, 0.1) is 18.0 Å². The first-order valence-electron chi connectivity index (χ1n) is 6.24. The Balaban J connectivity index is 1.91. The first-order chi connectivity index (χ1) is 10.6. The van der Waals surface area contributed by atoms with Crippen molar-refractivity contribution in [1.29, 1.82) is 0 Å². The van der Waals surface area contributed by atoms with Crippen LogP contribution in [-0.2, 0) is 0 Å². The third kappa shape index (κ3) is 2.72. The molecule has 0 spiro atoms. The van der Waals surface area contributed by atoms with Gasteiger partial charge in [-0.15, -0.1) is 5.10 Å². The van der Waals surface area contributed by atoms with Crippen molar-refractivity contribution in [2.24, 2.45) is 5.10 Å². The van der Waals surface area contributed by atoms with E-state index in [4.69, 9.17) is 21.7 Å². The van der Waals surface area contributed by atoms with Gasteiger partial charge in [-0.1, -0.05) is 12.1 Å². The van der Waals surface area contributed by atoms with Crippen LogP contribution in [0.5, 0.6) is 0 Å². The third-order valence-corrected chi connectivity index (χ3v) is 3.14. The van der Waals surface area contributed by atoms with Crippen LogP contribution in [0.4, 0.5) is 0 Å². The third-order valence-electron chi connectivity index (χ3n) is 2.87. The lowest BCUT2D eigenvalue weighted by Crippen LogP contribution is -1.97. The highest BCUT2D eigenvalue weighted by molar-refractivity contribution is 7.71. The van der Waals surface area contributed by atoms with Gasteiger partial charge in [0.1, 0.15) is 0 Å². The van der Waals surface area contributed by atoms with Crippen molar-refractivity contribution < 1.29 is 14.3 Å². The van der Waals surface area contributed by atoms with E-state index in [1.807, 2.05) is 0 Å². The fourth-order valence-corrected chi connectivity index (χ4v) is 1.98. The highest BCUT2D eigenvalue weighted by Crippen LogP contribution is 2.17. The lowest BCUT2D eigenvalue weighted by molar-refractivity contribution is 0.0697. The highest BCUT2D eigenvalue weighted by atomic mass is 32.1. The molecule has 0 radical (unpaired) electrons. The lowest BCUT2D eigenvalue weighted by atomic mass is 10.1. The van der Waals surface area contributed by atoms with Gasteiger partial charge < -0.3 is 9.52 Å². The number of H-pyrrole nitrogens is 1. The number of benzene rings is 1. The number of hydrogen-bond donors (Lipinski definition) is 2. The maximum atomic E-state index is 10.8. The fraction of sp³-hybridized carbons (Fsp3) is 0. The zero-order chi connectivity index (χ0) is 15.5. The number of carboxylic acids is 1. The van der Waals surface area contributed by atoms with Crippen LogP contribution in [0.3, 0.4) is 0 Å². The topological polar surface area (TPSA) is 96.4 Å². The van der Waals surface area contributed by atoms with E-state index in [1.165, 1.54) is 23.1 Å². The number of hydrogen-bond acceptors (Lipinski definition) is 5.